The van der Waals surface area contributed by atoms with E-state index in [9.17, 15) is 4.39 Å². The van der Waals surface area contributed by atoms with E-state index in [4.69, 9.17) is 21.9 Å². The predicted octanol–water partition coefficient (Wildman–Crippen LogP) is 5.15. The summed E-state index contributed by atoms with van der Waals surface area (Å²) in [5.41, 5.74) is 7.16. The van der Waals surface area contributed by atoms with Crippen molar-refractivity contribution in [3.8, 4) is 22.5 Å². The van der Waals surface area contributed by atoms with Crippen LogP contribution in [-0.4, -0.2) is 5.16 Å². The lowest BCUT2D eigenvalue weighted by Crippen LogP contribution is -1.91. The van der Waals surface area contributed by atoms with Gasteiger partial charge in [-0.05, 0) is 24.3 Å². The maximum absolute atomic E-state index is 14.0. The summed E-state index contributed by atoms with van der Waals surface area (Å²) in [5, 5.41) is 4.20. The number of hydrogen-bond donors (Lipinski definition) is 1. The highest BCUT2D eigenvalue weighted by atomic mass is 79.9. The Hall–Kier alpha value is -1.85. The molecule has 0 atom stereocenters. The maximum atomic E-state index is 14.0. The molecule has 1 aromatic heterocycles. The zero-order chi connectivity index (χ0) is 15.0. The number of hydrogen-bond acceptors (Lipinski definition) is 3. The van der Waals surface area contributed by atoms with Gasteiger partial charge in [-0.25, -0.2) is 4.39 Å². The third-order valence-electron chi connectivity index (χ3n) is 3.04. The first-order valence-corrected chi connectivity index (χ1v) is 7.20. The minimum absolute atomic E-state index is 0.120. The van der Waals surface area contributed by atoms with Gasteiger partial charge < -0.3 is 10.3 Å². The number of benzene rings is 2. The molecule has 0 spiro atoms. The molecular weight excluding hydrogens is 359 g/mol. The van der Waals surface area contributed by atoms with Gasteiger partial charge in [0, 0.05) is 15.6 Å². The van der Waals surface area contributed by atoms with Crippen LogP contribution in [0.15, 0.2) is 51.5 Å². The highest BCUT2D eigenvalue weighted by Gasteiger charge is 2.21. The third-order valence-corrected chi connectivity index (χ3v) is 3.84. The maximum Gasteiger partial charge on any atom is 0.178 e. The first-order valence-electron chi connectivity index (χ1n) is 6.03. The van der Waals surface area contributed by atoms with Crippen LogP contribution in [-0.2, 0) is 0 Å². The van der Waals surface area contributed by atoms with E-state index in [1.54, 1.807) is 30.3 Å². The molecule has 3 rings (SSSR count). The molecule has 3 nitrogen and oxygen atoms in total. The summed E-state index contributed by atoms with van der Waals surface area (Å²) in [5.74, 6) is 0.0612. The lowest BCUT2D eigenvalue weighted by Gasteiger charge is -2.06. The summed E-state index contributed by atoms with van der Waals surface area (Å²) in [6.07, 6.45) is 0. The van der Waals surface area contributed by atoms with Gasteiger partial charge in [0.05, 0.1) is 10.6 Å². The minimum Gasteiger partial charge on any atom is -0.380 e. The number of aromatic nitrogens is 1. The van der Waals surface area contributed by atoms with Crippen LogP contribution in [0.4, 0.5) is 10.2 Å². The smallest absolute Gasteiger partial charge is 0.178 e. The van der Waals surface area contributed by atoms with Crippen molar-refractivity contribution in [1.29, 1.82) is 0 Å². The first kappa shape index (κ1) is 14.1. The normalized spacial score (nSPS) is 10.8. The number of anilines is 1. The van der Waals surface area contributed by atoms with Gasteiger partial charge in [-0.2, -0.15) is 0 Å². The lowest BCUT2D eigenvalue weighted by molar-refractivity contribution is 0.436. The molecule has 0 aliphatic heterocycles. The number of nitrogens with zero attached hydrogens (tertiary/aromatic N) is 1. The van der Waals surface area contributed by atoms with Gasteiger partial charge in [0.25, 0.3) is 0 Å². The van der Waals surface area contributed by atoms with Crippen LogP contribution in [0.5, 0.6) is 0 Å². The fraction of sp³-hybridized carbons (Fsp3) is 0. The van der Waals surface area contributed by atoms with E-state index < -0.39 is 5.82 Å². The van der Waals surface area contributed by atoms with E-state index in [-0.39, 0.29) is 5.82 Å². The average Bonchev–Trinajstić information content (AvgIpc) is 2.81. The Balaban J connectivity index is 2.25. The van der Waals surface area contributed by atoms with Crippen molar-refractivity contribution in [2.24, 2.45) is 0 Å². The Morgan fingerprint density at radius 2 is 1.90 bits per heavy atom. The molecule has 21 heavy (non-hydrogen) atoms. The topological polar surface area (TPSA) is 52.0 Å². The first-order chi connectivity index (χ1) is 10.1. The molecule has 1 heterocycles. The van der Waals surface area contributed by atoms with Crippen molar-refractivity contribution in [3.63, 3.8) is 0 Å². The monoisotopic (exact) mass is 366 g/mol. The quantitative estimate of drug-likeness (QED) is 0.682. The molecular formula is C15H9BrClFN2O. The zero-order valence-corrected chi connectivity index (χ0v) is 13.0. The fourth-order valence-corrected chi connectivity index (χ4v) is 2.84. The third kappa shape index (κ3) is 2.54. The summed E-state index contributed by atoms with van der Waals surface area (Å²) in [7, 11) is 0. The molecule has 2 aromatic carbocycles. The summed E-state index contributed by atoms with van der Waals surface area (Å²) < 4.78 is 20.1. The van der Waals surface area contributed by atoms with Gasteiger partial charge in [-0.3, -0.25) is 0 Å². The number of nitrogens with two attached hydrogens (primary N) is 1. The van der Waals surface area contributed by atoms with Gasteiger partial charge in [0.15, 0.2) is 11.6 Å². The molecule has 0 saturated carbocycles. The Morgan fingerprint density at radius 1 is 1.14 bits per heavy atom. The average molecular weight is 368 g/mol. The van der Waals surface area contributed by atoms with Crippen molar-refractivity contribution < 1.29 is 8.91 Å². The summed E-state index contributed by atoms with van der Waals surface area (Å²) in [6, 6.07) is 11.6. The van der Waals surface area contributed by atoms with E-state index in [0.717, 1.165) is 4.47 Å². The molecule has 0 aliphatic carbocycles. The van der Waals surface area contributed by atoms with E-state index in [1.807, 2.05) is 6.07 Å². The SMILES string of the molecule is Nc1noc(-c2ccc(Br)cc2Cl)c1-c1ccccc1F. The van der Waals surface area contributed by atoms with Crippen molar-refractivity contribution in [3.05, 3.63) is 57.8 Å². The van der Waals surface area contributed by atoms with E-state index in [1.165, 1.54) is 6.07 Å². The summed E-state index contributed by atoms with van der Waals surface area (Å²) in [4.78, 5) is 0. The Labute approximate surface area is 133 Å². The van der Waals surface area contributed by atoms with Crippen molar-refractivity contribution >= 4 is 33.3 Å². The van der Waals surface area contributed by atoms with Crippen LogP contribution in [0.3, 0.4) is 0 Å². The second-order valence-electron chi connectivity index (χ2n) is 4.38. The molecule has 0 bridgehead atoms. The number of rotatable bonds is 2. The van der Waals surface area contributed by atoms with Gasteiger partial charge in [-0.1, -0.05) is 50.9 Å². The fourth-order valence-electron chi connectivity index (χ4n) is 2.08. The highest BCUT2D eigenvalue weighted by molar-refractivity contribution is 9.10. The minimum atomic E-state index is -0.401. The zero-order valence-electron chi connectivity index (χ0n) is 10.6. The van der Waals surface area contributed by atoms with Gasteiger partial charge in [-0.15, -0.1) is 0 Å². The van der Waals surface area contributed by atoms with Crippen LogP contribution < -0.4 is 5.73 Å². The van der Waals surface area contributed by atoms with Crippen molar-refractivity contribution in [2.75, 3.05) is 5.73 Å². The molecule has 0 fully saturated rings. The van der Waals surface area contributed by atoms with Gasteiger partial charge in [0.1, 0.15) is 5.82 Å². The second-order valence-corrected chi connectivity index (χ2v) is 5.70. The number of nitrogen functional groups attached to an aromatic ring is 1. The van der Waals surface area contributed by atoms with E-state index in [2.05, 4.69) is 21.1 Å². The van der Waals surface area contributed by atoms with E-state index >= 15 is 0 Å². The molecule has 0 saturated heterocycles. The second kappa shape index (κ2) is 5.50. The predicted molar refractivity (Wildman–Crippen MR) is 84.5 cm³/mol. The Bertz CT molecular complexity index is 819. The molecule has 0 amide bonds. The molecule has 106 valence electrons. The van der Waals surface area contributed by atoms with Gasteiger partial charge >= 0.3 is 0 Å². The molecule has 0 aliphatic rings. The molecule has 0 unspecified atom stereocenters. The standard InChI is InChI=1S/C15H9BrClFN2O/c16-8-5-6-9(11(17)7-8)14-13(15(19)20-21-14)10-3-1-2-4-12(10)18/h1-7H,(H2,19,20). The lowest BCUT2D eigenvalue weighted by atomic mass is 10.0. The Kier molecular flexibility index (Phi) is 3.69. The van der Waals surface area contributed by atoms with Crippen LogP contribution in [0.1, 0.15) is 0 Å². The highest BCUT2D eigenvalue weighted by Crippen LogP contribution is 2.40. The van der Waals surface area contributed by atoms with Crippen LogP contribution >= 0.6 is 27.5 Å². The molecule has 3 aromatic rings. The summed E-state index contributed by atoms with van der Waals surface area (Å²) in [6.45, 7) is 0. The van der Waals surface area contributed by atoms with Crippen molar-refractivity contribution in [2.45, 2.75) is 0 Å². The molecule has 0 radical (unpaired) electrons. The van der Waals surface area contributed by atoms with Gasteiger partial charge in [0.2, 0.25) is 0 Å². The van der Waals surface area contributed by atoms with E-state index in [0.29, 0.717) is 27.5 Å². The Morgan fingerprint density at radius 3 is 2.62 bits per heavy atom. The summed E-state index contributed by atoms with van der Waals surface area (Å²) >= 11 is 9.55. The molecule has 6 heteroatoms. The van der Waals surface area contributed by atoms with Crippen LogP contribution in [0.25, 0.3) is 22.5 Å². The van der Waals surface area contributed by atoms with Crippen LogP contribution in [0, 0.1) is 5.82 Å². The van der Waals surface area contributed by atoms with Crippen LogP contribution in [0.2, 0.25) is 5.02 Å². The largest absolute Gasteiger partial charge is 0.380 e. The van der Waals surface area contributed by atoms with Crippen molar-refractivity contribution in [1.82, 2.24) is 5.16 Å². The number of halogens is 3. The molecule has 2 N–H and O–H groups in total.